The monoisotopic (exact) mass is 342 g/mol. The van der Waals surface area contributed by atoms with E-state index in [1.165, 1.54) is 14.2 Å². The molecule has 1 aromatic carbocycles. The molecule has 22 heavy (non-hydrogen) atoms. The topological polar surface area (TPSA) is 91.5 Å². The van der Waals surface area contributed by atoms with Crippen molar-refractivity contribution >= 4 is 51.2 Å². The molecule has 0 saturated heterocycles. The standard InChI is InChI=1S/C13H15ClN4O3S/c1-19-5-8(22)17-11-9(15)6(14)4-7-10(11)18-13(21-3)12(16-7)20-2/h4H,5,15H2,1-3H3,(H,17,22). The van der Waals surface area contributed by atoms with Crippen LogP contribution in [0.25, 0.3) is 11.0 Å². The molecule has 3 N–H and O–H groups in total. The molecule has 0 atom stereocenters. The molecule has 9 heteroatoms. The minimum Gasteiger partial charge on any atom is -0.477 e. The Hall–Kier alpha value is -1.90. The van der Waals surface area contributed by atoms with Gasteiger partial charge in [0.2, 0.25) is 0 Å². The van der Waals surface area contributed by atoms with Crippen LogP contribution in [0.5, 0.6) is 11.8 Å². The summed E-state index contributed by atoms with van der Waals surface area (Å²) in [5, 5.41) is 3.31. The van der Waals surface area contributed by atoms with Crippen LogP contribution in [0.1, 0.15) is 0 Å². The number of nitrogen functional groups attached to an aromatic ring is 1. The van der Waals surface area contributed by atoms with Crippen molar-refractivity contribution in [1.82, 2.24) is 9.97 Å². The summed E-state index contributed by atoms with van der Waals surface area (Å²) in [7, 11) is 4.49. The summed E-state index contributed by atoms with van der Waals surface area (Å²) >= 11 is 11.3. The van der Waals surface area contributed by atoms with E-state index in [1.54, 1.807) is 13.2 Å². The number of nitrogens with zero attached hydrogens (tertiary/aromatic N) is 2. The first-order chi connectivity index (χ1) is 10.5. The third-order valence-electron chi connectivity index (χ3n) is 2.81. The molecule has 1 aromatic heterocycles. The van der Waals surface area contributed by atoms with Crippen LogP contribution in [-0.4, -0.2) is 42.9 Å². The van der Waals surface area contributed by atoms with E-state index in [1.807, 2.05) is 0 Å². The number of fused-ring (bicyclic) bond motifs is 1. The van der Waals surface area contributed by atoms with Crippen molar-refractivity contribution in [2.75, 3.05) is 39.0 Å². The van der Waals surface area contributed by atoms with E-state index in [4.69, 9.17) is 43.8 Å². The lowest BCUT2D eigenvalue weighted by Crippen LogP contribution is -2.17. The second-order valence-electron chi connectivity index (χ2n) is 4.24. The van der Waals surface area contributed by atoms with E-state index in [0.29, 0.717) is 32.4 Å². The molecule has 0 aliphatic carbocycles. The molecule has 0 spiro atoms. The lowest BCUT2D eigenvalue weighted by Gasteiger charge is -2.15. The summed E-state index contributed by atoms with van der Waals surface area (Å²) in [6.07, 6.45) is 0. The van der Waals surface area contributed by atoms with Crippen LogP contribution in [-0.2, 0) is 4.74 Å². The van der Waals surface area contributed by atoms with Gasteiger partial charge in [-0.3, -0.25) is 0 Å². The van der Waals surface area contributed by atoms with Gasteiger partial charge < -0.3 is 25.3 Å². The molecule has 0 fully saturated rings. The van der Waals surface area contributed by atoms with E-state index >= 15 is 0 Å². The van der Waals surface area contributed by atoms with E-state index in [9.17, 15) is 0 Å². The molecule has 1 heterocycles. The maximum Gasteiger partial charge on any atom is 0.278 e. The first kappa shape index (κ1) is 16.5. The maximum atomic E-state index is 6.14. The summed E-state index contributed by atoms with van der Waals surface area (Å²) < 4.78 is 15.3. The van der Waals surface area contributed by atoms with Crippen molar-refractivity contribution in [2.24, 2.45) is 0 Å². The quantitative estimate of drug-likeness (QED) is 0.631. The van der Waals surface area contributed by atoms with E-state index < -0.39 is 0 Å². The number of hydrogen-bond acceptors (Lipinski definition) is 7. The molecule has 118 valence electrons. The zero-order valence-corrected chi connectivity index (χ0v) is 13.8. The van der Waals surface area contributed by atoms with Crippen molar-refractivity contribution in [3.63, 3.8) is 0 Å². The summed E-state index contributed by atoms with van der Waals surface area (Å²) in [4.78, 5) is 9.12. The average molecular weight is 343 g/mol. The number of benzene rings is 1. The second-order valence-corrected chi connectivity index (χ2v) is 5.14. The molecule has 7 nitrogen and oxygen atoms in total. The van der Waals surface area contributed by atoms with Crippen LogP contribution in [0.3, 0.4) is 0 Å². The smallest absolute Gasteiger partial charge is 0.278 e. The van der Waals surface area contributed by atoms with Crippen molar-refractivity contribution in [1.29, 1.82) is 0 Å². The number of anilines is 2. The lowest BCUT2D eigenvalue weighted by molar-refractivity contribution is 0.247. The van der Waals surface area contributed by atoms with E-state index in [2.05, 4.69) is 15.3 Å². The van der Waals surface area contributed by atoms with E-state index in [0.717, 1.165) is 0 Å². The summed E-state index contributed by atoms with van der Waals surface area (Å²) in [6.45, 7) is 0.240. The number of rotatable bonds is 5. The van der Waals surface area contributed by atoms with Gasteiger partial charge >= 0.3 is 0 Å². The maximum absolute atomic E-state index is 6.14. The van der Waals surface area contributed by atoms with E-state index in [-0.39, 0.29) is 18.4 Å². The predicted octanol–water partition coefficient (Wildman–Crippen LogP) is 2.27. The molecule has 0 aliphatic heterocycles. The van der Waals surface area contributed by atoms with Crippen LogP contribution >= 0.6 is 23.8 Å². The predicted molar refractivity (Wildman–Crippen MR) is 90.2 cm³/mol. The minimum absolute atomic E-state index is 0.234. The average Bonchev–Trinajstić information content (AvgIpc) is 2.50. The number of thiocarbonyl (C=S) groups is 1. The molecular weight excluding hydrogens is 328 g/mol. The zero-order chi connectivity index (χ0) is 16.3. The number of aromatic nitrogens is 2. The van der Waals surface area contributed by atoms with Gasteiger partial charge in [0, 0.05) is 7.11 Å². The minimum atomic E-state index is 0.234. The fourth-order valence-electron chi connectivity index (χ4n) is 1.85. The molecule has 0 unspecified atom stereocenters. The Morgan fingerprint density at radius 2 is 1.91 bits per heavy atom. The van der Waals surface area contributed by atoms with Crippen molar-refractivity contribution in [3.05, 3.63) is 11.1 Å². The van der Waals surface area contributed by atoms with Gasteiger partial charge in [-0.25, -0.2) is 9.97 Å². The molecular formula is C13H15ClN4O3S. The highest BCUT2D eigenvalue weighted by atomic mass is 35.5. The number of methoxy groups -OCH3 is 3. The number of hydrogen-bond donors (Lipinski definition) is 2. The van der Waals surface area contributed by atoms with Crippen molar-refractivity contribution in [3.8, 4) is 11.8 Å². The number of ether oxygens (including phenoxy) is 3. The molecule has 2 aromatic rings. The SMILES string of the molecule is COCC(=S)Nc1c(N)c(Cl)cc2nc(OC)c(OC)nc12. The van der Waals surface area contributed by atoms with Gasteiger partial charge in [-0.2, -0.15) is 0 Å². The summed E-state index contributed by atoms with van der Waals surface area (Å²) in [5.41, 5.74) is 7.76. The number of nitrogens with two attached hydrogens (primary N) is 1. The Morgan fingerprint density at radius 3 is 2.50 bits per heavy atom. The number of halogens is 1. The first-order valence-electron chi connectivity index (χ1n) is 6.18. The number of nitrogens with one attached hydrogen (secondary N) is 1. The molecule has 2 rings (SSSR count). The highest BCUT2D eigenvalue weighted by molar-refractivity contribution is 7.80. The summed E-state index contributed by atoms with van der Waals surface area (Å²) in [5.74, 6) is 0.485. The van der Waals surface area contributed by atoms with Crippen molar-refractivity contribution in [2.45, 2.75) is 0 Å². The Labute approximate surface area is 137 Å². The second kappa shape index (κ2) is 6.91. The van der Waals surface area contributed by atoms with Crippen LogP contribution in [0.4, 0.5) is 11.4 Å². The third kappa shape index (κ3) is 3.13. The van der Waals surface area contributed by atoms with Gasteiger partial charge in [0.1, 0.15) is 10.5 Å². The van der Waals surface area contributed by atoms with Gasteiger partial charge in [-0.15, -0.1) is 0 Å². The van der Waals surface area contributed by atoms with Gasteiger partial charge in [0.25, 0.3) is 11.8 Å². The fourth-order valence-corrected chi connectivity index (χ4v) is 2.26. The normalized spacial score (nSPS) is 10.5. The largest absolute Gasteiger partial charge is 0.477 e. The Bertz CT molecular complexity index is 726. The Balaban J connectivity index is 2.66. The highest BCUT2D eigenvalue weighted by Gasteiger charge is 2.17. The Kier molecular flexibility index (Phi) is 5.17. The van der Waals surface area contributed by atoms with Gasteiger partial charge in [-0.05, 0) is 6.07 Å². The fraction of sp³-hybridized carbons (Fsp3) is 0.308. The molecule has 0 bridgehead atoms. The van der Waals surface area contributed by atoms with Crippen LogP contribution < -0.4 is 20.5 Å². The van der Waals surface area contributed by atoms with Crippen LogP contribution in [0.2, 0.25) is 5.02 Å². The molecule has 0 saturated carbocycles. The van der Waals surface area contributed by atoms with Crippen LogP contribution in [0, 0.1) is 0 Å². The van der Waals surface area contributed by atoms with Gasteiger partial charge in [0.15, 0.2) is 0 Å². The van der Waals surface area contributed by atoms with Gasteiger partial charge in [-0.1, -0.05) is 23.8 Å². The highest BCUT2D eigenvalue weighted by Crippen LogP contribution is 2.37. The summed E-state index contributed by atoms with van der Waals surface area (Å²) in [6, 6.07) is 1.60. The zero-order valence-electron chi connectivity index (χ0n) is 12.3. The Morgan fingerprint density at radius 1 is 1.27 bits per heavy atom. The van der Waals surface area contributed by atoms with Gasteiger partial charge in [0.05, 0.1) is 42.7 Å². The lowest BCUT2D eigenvalue weighted by atomic mass is 10.2. The third-order valence-corrected chi connectivity index (χ3v) is 3.35. The molecule has 0 radical (unpaired) electrons. The molecule has 0 amide bonds. The van der Waals surface area contributed by atoms with Crippen LogP contribution in [0.15, 0.2) is 6.07 Å². The molecule has 0 aliphatic rings. The van der Waals surface area contributed by atoms with Crippen molar-refractivity contribution < 1.29 is 14.2 Å². The first-order valence-corrected chi connectivity index (χ1v) is 6.96.